The fourth-order valence-corrected chi connectivity index (χ4v) is 2.90. The number of hydrogen-bond acceptors (Lipinski definition) is 4. The number of hydrogen-bond donors (Lipinski definition) is 1. The number of nitrogens with one attached hydrogen (secondary N) is 1. The summed E-state index contributed by atoms with van der Waals surface area (Å²) in [5.74, 6) is -0.0444. The fourth-order valence-electron chi connectivity index (χ4n) is 2.90. The lowest BCUT2D eigenvalue weighted by Gasteiger charge is -2.38. The molecule has 0 unspecified atom stereocenters. The molecule has 1 aliphatic heterocycles. The van der Waals surface area contributed by atoms with Crippen LogP contribution in [0.5, 0.6) is 0 Å². The van der Waals surface area contributed by atoms with Gasteiger partial charge in [0.1, 0.15) is 11.6 Å². The molecule has 0 saturated carbocycles. The first-order chi connectivity index (χ1) is 12.4. The van der Waals surface area contributed by atoms with Crippen molar-refractivity contribution in [2.24, 2.45) is 5.92 Å². The van der Waals surface area contributed by atoms with Crippen LogP contribution in [0.1, 0.15) is 27.4 Å². The van der Waals surface area contributed by atoms with Crippen LogP contribution in [0.15, 0.2) is 30.5 Å². The summed E-state index contributed by atoms with van der Waals surface area (Å²) >= 11 is 0. The lowest BCUT2D eigenvalue weighted by atomic mass is 9.97. The monoisotopic (exact) mass is 356 g/mol. The number of aromatic nitrogens is 2. The molecule has 1 aromatic heterocycles. The molecule has 0 radical (unpaired) electrons. The largest absolute Gasteiger partial charge is 0.355 e. The average Bonchev–Trinajstić information content (AvgIpc) is 2.55. The molecule has 0 atom stereocenters. The van der Waals surface area contributed by atoms with Gasteiger partial charge in [-0.2, -0.15) is 0 Å². The van der Waals surface area contributed by atoms with Crippen LogP contribution in [-0.4, -0.2) is 46.3 Å². The minimum Gasteiger partial charge on any atom is -0.355 e. The highest BCUT2D eigenvalue weighted by molar-refractivity contribution is 5.96. The van der Waals surface area contributed by atoms with Crippen molar-refractivity contribution in [2.45, 2.75) is 20.3 Å². The van der Waals surface area contributed by atoms with Crippen molar-refractivity contribution in [3.8, 4) is 0 Å². The number of rotatable bonds is 5. The van der Waals surface area contributed by atoms with E-state index in [1.54, 1.807) is 30.9 Å². The van der Waals surface area contributed by atoms with Gasteiger partial charge >= 0.3 is 0 Å². The highest BCUT2D eigenvalue weighted by Crippen LogP contribution is 2.19. The Morgan fingerprint density at radius 1 is 1.23 bits per heavy atom. The van der Waals surface area contributed by atoms with Gasteiger partial charge in [-0.3, -0.25) is 9.59 Å². The van der Waals surface area contributed by atoms with Crippen molar-refractivity contribution in [1.82, 2.24) is 20.2 Å². The molecule has 2 amide bonds. The zero-order valence-electron chi connectivity index (χ0n) is 14.8. The van der Waals surface area contributed by atoms with Crippen LogP contribution in [0, 0.1) is 25.6 Å². The van der Waals surface area contributed by atoms with Crippen LogP contribution in [0.25, 0.3) is 0 Å². The molecular formula is C19H21FN4O2. The number of benzene rings is 1. The van der Waals surface area contributed by atoms with Crippen LogP contribution in [0.3, 0.4) is 0 Å². The van der Waals surface area contributed by atoms with Gasteiger partial charge in [0.15, 0.2) is 0 Å². The van der Waals surface area contributed by atoms with Crippen molar-refractivity contribution in [3.05, 3.63) is 58.9 Å². The first-order valence-electron chi connectivity index (χ1n) is 8.55. The first kappa shape index (κ1) is 18.0. The van der Waals surface area contributed by atoms with Crippen LogP contribution in [0.2, 0.25) is 0 Å². The van der Waals surface area contributed by atoms with E-state index in [0.29, 0.717) is 43.1 Å². The van der Waals surface area contributed by atoms with Crippen molar-refractivity contribution < 1.29 is 14.0 Å². The third-order valence-electron chi connectivity index (χ3n) is 4.50. The van der Waals surface area contributed by atoms with Crippen LogP contribution >= 0.6 is 0 Å². The van der Waals surface area contributed by atoms with Gasteiger partial charge in [-0.05, 0) is 38.0 Å². The predicted octanol–water partition coefficient (Wildman–Crippen LogP) is 1.66. The van der Waals surface area contributed by atoms with E-state index >= 15 is 0 Å². The molecule has 26 heavy (non-hydrogen) atoms. The Kier molecular flexibility index (Phi) is 5.25. The quantitative estimate of drug-likeness (QED) is 0.884. The van der Waals surface area contributed by atoms with Crippen molar-refractivity contribution in [1.29, 1.82) is 0 Å². The number of likely N-dealkylation sites (tertiary alicyclic amines) is 1. The third kappa shape index (κ3) is 4.04. The van der Waals surface area contributed by atoms with Gasteiger partial charge in [-0.15, -0.1) is 0 Å². The normalized spacial score (nSPS) is 14.0. The van der Waals surface area contributed by atoms with Gasteiger partial charge in [0.2, 0.25) is 5.91 Å². The smallest absolute Gasteiger partial charge is 0.257 e. The molecule has 1 aromatic carbocycles. The van der Waals surface area contributed by atoms with Crippen molar-refractivity contribution in [3.63, 3.8) is 0 Å². The van der Waals surface area contributed by atoms with E-state index in [0.717, 1.165) is 5.56 Å². The Labute approximate surface area is 151 Å². The minimum atomic E-state index is -0.272. The lowest BCUT2D eigenvalue weighted by molar-refractivity contribution is -0.128. The SMILES string of the molecule is Cc1ncc(C(=O)N2CC(C(=O)NCCc3ccc(F)cc3)C2)c(C)n1. The second-order valence-electron chi connectivity index (χ2n) is 6.49. The lowest BCUT2D eigenvalue weighted by Crippen LogP contribution is -2.56. The van der Waals surface area contributed by atoms with Crippen LogP contribution < -0.4 is 5.32 Å². The standard InChI is InChI=1S/C19H21FN4O2/c1-12-17(9-22-13(2)23-12)19(26)24-10-15(11-24)18(25)21-8-7-14-3-5-16(20)6-4-14/h3-6,9,15H,7-8,10-11H2,1-2H3,(H,21,25). The zero-order valence-corrected chi connectivity index (χ0v) is 14.8. The van der Waals surface area contributed by atoms with Gasteiger partial charge < -0.3 is 10.2 Å². The highest BCUT2D eigenvalue weighted by atomic mass is 19.1. The van der Waals surface area contributed by atoms with Gasteiger partial charge in [-0.25, -0.2) is 14.4 Å². The van der Waals surface area contributed by atoms with E-state index in [4.69, 9.17) is 0 Å². The van der Waals surface area contributed by atoms with E-state index in [1.807, 2.05) is 0 Å². The maximum absolute atomic E-state index is 12.9. The van der Waals surface area contributed by atoms with Gasteiger partial charge in [0, 0.05) is 25.8 Å². The third-order valence-corrected chi connectivity index (χ3v) is 4.50. The number of carbonyl (C=O) groups excluding carboxylic acids is 2. The van der Waals surface area contributed by atoms with E-state index in [2.05, 4.69) is 15.3 Å². The molecule has 3 rings (SSSR count). The van der Waals surface area contributed by atoms with E-state index in [9.17, 15) is 14.0 Å². The van der Waals surface area contributed by atoms with Crippen molar-refractivity contribution in [2.75, 3.05) is 19.6 Å². The molecule has 1 fully saturated rings. The fraction of sp³-hybridized carbons (Fsp3) is 0.368. The number of amides is 2. The predicted molar refractivity (Wildman–Crippen MR) is 94.0 cm³/mol. The molecule has 0 bridgehead atoms. The number of halogens is 1. The minimum absolute atomic E-state index is 0.0620. The van der Waals surface area contributed by atoms with Gasteiger partial charge in [0.25, 0.3) is 5.91 Å². The average molecular weight is 356 g/mol. The maximum Gasteiger partial charge on any atom is 0.257 e. The van der Waals surface area contributed by atoms with Gasteiger partial charge in [0.05, 0.1) is 17.2 Å². The molecule has 1 saturated heterocycles. The topological polar surface area (TPSA) is 75.2 Å². The second-order valence-corrected chi connectivity index (χ2v) is 6.49. The summed E-state index contributed by atoms with van der Waals surface area (Å²) in [6.45, 7) is 4.83. The number of carbonyl (C=O) groups is 2. The summed E-state index contributed by atoms with van der Waals surface area (Å²) in [7, 11) is 0. The van der Waals surface area contributed by atoms with E-state index < -0.39 is 0 Å². The molecule has 2 aromatic rings. The Morgan fingerprint density at radius 2 is 1.92 bits per heavy atom. The first-order valence-corrected chi connectivity index (χ1v) is 8.55. The van der Waals surface area contributed by atoms with Crippen LogP contribution in [0.4, 0.5) is 4.39 Å². The summed E-state index contributed by atoms with van der Waals surface area (Å²) in [5, 5.41) is 2.87. The zero-order chi connectivity index (χ0) is 18.7. The van der Waals surface area contributed by atoms with E-state index in [-0.39, 0.29) is 23.5 Å². The highest BCUT2D eigenvalue weighted by Gasteiger charge is 2.36. The Bertz CT molecular complexity index is 817. The number of aryl methyl sites for hydroxylation is 2. The van der Waals surface area contributed by atoms with Crippen molar-refractivity contribution >= 4 is 11.8 Å². The molecule has 2 heterocycles. The number of nitrogens with zero attached hydrogens (tertiary/aromatic N) is 3. The summed E-state index contributed by atoms with van der Waals surface area (Å²) in [6.07, 6.45) is 2.18. The summed E-state index contributed by atoms with van der Waals surface area (Å²) in [4.78, 5) is 34.5. The molecule has 6 nitrogen and oxygen atoms in total. The Balaban J connectivity index is 1.44. The Morgan fingerprint density at radius 3 is 2.58 bits per heavy atom. The molecule has 7 heteroatoms. The second kappa shape index (κ2) is 7.59. The molecule has 0 spiro atoms. The molecule has 136 valence electrons. The molecule has 0 aliphatic carbocycles. The molecule has 1 aliphatic rings. The molecular weight excluding hydrogens is 335 g/mol. The summed E-state index contributed by atoms with van der Waals surface area (Å²) in [5.41, 5.74) is 2.09. The summed E-state index contributed by atoms with van der Waals surface area (Å²) < 4.78 is 12.9. The Hall–Kier alpha value is -2.83. The van der Waals surface area contributed by atoms with Crippen LogP contribution in [-0.2, 0) is 11.2 Å². The summed E-state index contributed by atoms with van der Waals surface area (Å²) in [6, 6.07) is 6.22. The van der Waals surface area contributed by atoms with Gasteiger partial charge in [-0.1, -0.05) is 12.1 Å². The van der Waals surface area contributed by atoms with E-state index in [1.165, 1.54) is 18.3 Å². The maximum atomic E-state index is 12.9. The molecule has 1 N–H and O–H groups in total.